The van der Waals surface area contributed by atoms with Gasteiger partial charge in [0.05, 0.1) is 10.6 Å². The van der Waals surface area contributed by atoms with Crippen LogP contribution in [0.25, 0.3) is 0 Å². The first-order valence-corrected chi connectivity index (χ1v) is 14.3. The Morgan fingerprint density at radius 3 is 2.59 bits per heavy atom. The van der Waals surface area contributed by atoms with E-state index in [1.807, 2.05) is 31.2 Å². The zero-order valence-corrected chi connectivity index (χ0v) is 20.9. The van der Waals surface area contributed by atoms with Crippen LogP contribution in [0.4, 0.5) is 11.4 Å². The monoisotopic (exact) mass is 499 g/mol. The Kier molecular flexibility index (Phi) is 6.43. The first-order valence-electron chi connectivity index (χ1n) is 11.8. The molecule has 2 amide bonds. The summed E-state index contributed by atoms with van der Waals surface area (Å²) >= 11 is 1.53. The third-order valence-electron chi connectivity index (χ3n) is 6.81. The summed E-state index contributed by atoms with van der Waals surface area (Å²) in [5.41, 5.74) is 2.54. The van der Waals surface area contributed by atoms with E-state index in [1.165, 1.54) is 21.0 Å². The molecule has 3 aliphatic heterocycles. The van der Waals surface area contributed by atoms with Crippen molar-refractivity contribution in [1.29, 1.82) is 0 Å². The molecule has 1 fully saturated rings. The van der Waals surface area contributed by atoms with E-state index in [-0.39, 0.29) is 29.2 Å². The summed E-state index contributed by atoms with van der Waals surface area (Å²) in [7, 11) is -3.64. The number of para-hydroxylation sites is 1. The van der Waals surface area contributed by atoms with Crippen LogP contribution in [-0.4, -0.2) is 56.5 Å². The molecule has 5 rings (SSSR count). The van der Waals surface area contributed by atoms with Crippen LogP contribution >= 0.6 is 11.8 Å². The van der Waals surface area contributed by atoms with Crippen molar-refractivity contribution in [2.75, 3.05) is 41.7 Å². The van der Waals surface area contributed by atoms with E-state index in [9.17, 15) is 18.0 Å². The molecule has 3 aliphatic rings. The van der Waals surface area contributed by atoms with Gasteiger partial charge in [-0.25, -0.2) is 8.42 Å². The maximum Gasteiger partial charge on any atom is 0.247 e. The van der Waals surface area contributed by atoms with Gasteiger partial charge >= 0.3 is 0 Å². The zero-order valence-electron chi connectivity index (χ0n) is 19.3. The number of carbonyl (C=O) groups is 2. The van der Waals surface area contributed by atoms with Crippen molar-refractivity contribution in [3.8, 4) is 0 Å². The second kappa shape index (κ2) is 9.36. The number of sulfonamides is 1. The van der Waals surface area contributed by atoms with E-state index in [2.05, 4.69) is 0 Å². The van der Waals surface area contributed by atoms with E-state index < -0.39 is 10.0 Å². The third kappa shape index (κ3) is 4.25. The molecular formula is C25H29N3O4S2. The van der Waals surface area contributed by atoms with Crippen molar-refractivity contribution in [3.63, 3.8) is 0 Å². The standard InChI is InChI=1S/C25H29N3O4S2/c1-18-17-33-23-11-10-20(34(31,32)26-12-4-5-13-26)15-22(23)28(25(18)30)16-24(29)27-14-6-8-19-7-2-3-9-21(19)27/h2-3,7,9-11,15,18H,4-6,8,12-14,16-17H2,1H3/t18-/m1/s1. The lowest BCUT2D eigenvalue weighted by Crippen LogP contribution is -2.46. The van der Waals surface area contributed by atoms with Gasteiger partial charge in [-0.2, -0.15) is 4.31 Å². The van der Waals surface area contributed by atoms with Gasteiger partial charge < -0.3 is 9.80 Å². The second-order valence-electron chi connectivity index (χ2n) is 9.15. The van der Waals surface area contributed by atoms with Gasteiger partial charge in [-0.05, 0) is 55.5 Å². The van der Waals surface area contributed by atoms with E-state index in [0.29, 0.717) is 31.1 Å². The molecule has 180 valence electrons. The number of benzene rings is 2. The van der Waals surface area contributed by atoms with Gasteiger partial charge in [0.25, 0.3) is 0 Å². The van der Waals surface area contributed by atoms with E-state index in [1.54, 1.807) is 23.1 Å². The molecule has 3 heterocycles. The van der Waals surface area contributed by atoms with Crippen molar-refractivity contribution >= 4 is 45.0 Å². The summed E-state index contributed by atoms with van der Waals surface area (Å²) in [4.78, 5) is 31.1. The molecule has 2 aromatic rings. The molecule has 0 unspecified atom stereocenters. The highest BCUT2D eigenvalue weighted by Gasteiger charge is 2.34. The van der Waals surface area contributed by atoms with Crippen molar-refractivity contribution in [2.45, 2.75) is 42.4 Å². The van der Waals surface area contributed by atoms with Crippen LogP contribution in [0.1, 0.15) is 31.7 Å². The second-order valence-corrected chi connectivity index (χ2v) is 12.2. The SMILES string of the molecule is C[C@@H]1CSc2ccc(S(=O)(=O)N3CCCC3)cc2N(CC(=O)N2CCCc3ccccc32)C1=O. The fourth-order valence-corrected chi connectivity index (χ4v) is 7.51. The highest BCUT2D eigenvalue weighted by molar-refractivity contribution is 7.99. The minimum absolute atomic E-state index is 0.113. The molecule has 0 spiro atoms. The average Bonchev–Trinajstić information content (AvgIpc) is 3.37. The highest BCUT2D eigenvalue weighted by Crippen LogP contribution is 2.38. The number of carbonyl (C=O) groups excluding carboxylic acids is 2. The summed E-state index contributed by atoms with van der Waals surface area (Å²) in [6, 6.07) is 12.9. The Morgan fingerprint density at radius 1 is 1.03 bits per heavy atom. The Morgan fingerprint density at radius 2 is 1.79 bits per heavy atom. The molecule has 2 aromatic carbocycles. The van der Waals surface area contributed by atoms with E-state index in [4.69, 9.17) is 0 Å². The Hall–Kier alpha value is -2.36. The largest absolute Gasteiger partial charge is 0.311 e. The predicted molar refractivity (Wildman–Crippen MR) is 134 cm³/mol. The summed E-state index contributed by atoms with van der Waals surface area (Å²) in [6.45, 7) is 3.38. The maximum absolute atomic E-state index is 13.5. The van der Waals surface area contributed by atoms with Crippen LogP contribution in [-0.2, 0) is 26.0 Å². The lowest BCUT2D eigenvalue weighted by Gasteiger charge is -2.32. The molecule has 9 heteroatoms. The van der Waals surface area contributed by atoms with Crippen LogP contribution in [0.2, 0.25) is 0 Å². The molecule has 0 aromatic heterocycles. The number of aryl methyl sites for hydroxylation is 1. The average molecular weight is 500 g/mol. The molecule has 1 saturated heterocycles. The summed E-state index contributed by atoms with van der Waals surface area (Å²) in [5, 5.41) is 0. The summed E-state index contributed by atoms with van der Waals surface area (Å²) in [5.74, 6) is -0.00200. The quantitative estimate of drug-likeness (QED) is 0.643. The number of hydrogen-bond donors (Lipinski definition) is 0. The number of rotatable bonds is 4. The smallest absolute Gasteiger partial charge is 0.247 e. The van der Waals surface area contributed by atoms with Gasteiger partial charge in [0.1, 0.15) is 6.54 Å². The lowest BCUT2D eigenvalue weighted by atomic mass is 10.0. The van der Waals surface area contributed by atoms with Crippen molar-refractivity contribution in [2.24, 2.45) is 5.92 Å². The lowest BCUT2D eigenvalue weighted by molar-refractivity contribution is -0.124. The maximum atomic E-state index is 13.5. The fraction of sp³-hybridized carbons (Fsp3) is 0.440. The molecule has 0 N–H and O–H groups in total. The number of anilines is 2. The van der Waals surface area contributed by atoms with Gasteiger partial charge in [0, 0.05) is 41.9 Å². The minimum Gasteiger partial charge on any atom is -0.311 e. The van der Waals surface area contributed by atoms with Crippen LogP contribution in [0.5, 0.6) is 0 Å². The van der Waals surface area contributed by atoms with Gasteiger partial charge in [0.15, 0.2) is 0 Å². The predicted octanol–water partition coefficient (Wildman–Crippen LogP) is 3.53. The molecular weight excluding hydrogens is 470 g/mol. The van der Waals surface area contributed by atoms with Crippen LogP contribution in [0, 0.1) is 5.92 Å². The van der Waals surface area contributed by atoms with Gasteiger partial charge in [0.2, 0.25) is 21.8 Å². The molecule has 34 heavy (non-hydrogen) atoms. The number of hydrogen-bond acceptors (Lipinski definition) is 5. The van der Waals surface area contributed by atoms with Gasteiger partial charge in [-0.1, -0.05) is 25.1 Å². The number of thioether (sulfide) groups is 1. The number of nitrogens with zero attached hydrogens (tertiary/aromatic N) is 3. The van der Waals surface area contributed by atoms with Crippen molar-refractivity contribution < 1.29 is 18.0 Å². The topological polar surface area (TPSA) is 78.0 Å². The first-order chi connectivity index (χ1) is 16.4. The molecule has 1 atom stereocenters. The normalized spacial score (nSPS) is 21.2. The van der Waals surface area contributed by atoms with Crippen LogP contribution in [0.3, 0.4) is 0 Å². The van der Waals surface area contributed by atoms with E-state index >= 15 is 0 Å². The first kappa shape index (κ1) is 23.4. The number of amides is 2. The highest BCUT2D eigenvalue weighted by atomic mass is 32.2. The summed E-state index contributed by atoms with van der Waals surface area (Å²) < 4.78 is 27.9. The van der Waals surface area contributed by atoms with Crippen molar-refractivity contribution in [3.05, 3.63) is 48.0 Å². The minimum atomic E-state index is -3.64. The van der Waals surface area contributed by atoms with Crippen molar-refractivity contribution in [1.82, 2.24) is 4.31 Å². The third-order valence-corrected chi connectivity index (χ3v) is 10.0. The Bertz CT molecular complexity index is 1220. The Balaban J connectivity index is 1.50. The summed E-state index contributed by atoms with van der Waals surface area (Å²) in [6.07, 6.45) is 3.51. The van der Waals surface area contributed by atoms with E-state index in [0.717, 1.165) is 41.8 Å². The molecule has 0 bridgehead atoms. The number of fused-ring (bicyclic) bond motifs is 2. The molecule has 0 radical (unpaired) electrons. The zero-order chi connectivity index (χ0) is 23.9. The molecule has 7 nitrogen and oxygen atoms in total. The Labute approximate surface area is 205 Å². The van der Waals surface area contributed by atoms with Gasteiger partial charge in [-0.3, -0.25) is 9.59 Å². The van der Waals surface area contributed by atoms with Crippen LogP contribution in [0.15, 0.2) is 52.3 Å². The fourth-order valence-electron chi connectivity index (χ4n) is 4.92. The van der Waals surface area contributed by atoms with Gasteiger partial charge in [-0.15, -0.1) is 11.8 Å². The van der Waals surface area contributed by atoms with Crippen LogP contribution < -0.4 is 9.80 Å². The molecule has 0 aliphatic carbocycles. The molecule has 0 saturated carbocycles.